The van der Waals surface area contributed by atoms with Crippen molar-refractivity contribution in [2.45, 2.75) is 26.2 Å². The molecule has 2 atom stereocenters. The van der Waals surface area contributed by atoms with E-state index in [0.29, 0.717) is 23.1 Å². The first-order valence-electron chi connectivity index (χ1n) is 6.16. The lowest BCUT2D eigenvalue weighted by molar-refractivity contribution is 0.0945. The standard InChI is InChI=1S/C13H19N3O/c1-9-3-2-4-10(9)7-16-13(17)11-8-15-6-5-12(11)14/h5-6,8-10H,2-4,7H2,1H3,(H2,14,15)(H,16,17). The lowest BCUT2D eigenvalue weighted by Crippen LogP contribution is -2.30. The molecule has 1 saturated carbocycles. The lowest BCUT2D eigenvalue weighted by Gasteiger charge is -2.16. The summed E-state index contributed by atoms with van der Waals surface area (Å²) in [7, 11) is 0. The van der Waals surface area contributed by atoms with Crippen molar-refractivity contribution in [1.82, 2.24) is 10.3 Å². The van der Waals surface area contributed by atoms with Crippen LogP contribution in [0.1, 0.15) is 36.5 Å². The Morgan fingerprint density at radius 1 is 1.59 bits per heavy atom. The highest BCUT2D eigenvalue weighted by atomic mass is 16.1. The van der Waals surface area contributed by atoms with Gasteiger partial charge >= 0.3 is 0 Å². The summed E-state index contributed by atoms with van der Waals surface area (Å²) in [5, 5.41) is 2.95. The van der Waals surface area contributed by atoms with Gasteiger partial charge in [-0.1, -0.05) is 19.8 Å². The monoisotopic (exact) mass is 233 g/mol. The Balaban J connectivity index is 1.91. The number of nitrogens with two attached hydrogens (primary N) is 1. The Bertz CT molecular complexity index is 405. The topological polar surface area (TPSA) is 68.0 Å². The Kier molecular flexibility index (Phi) is 3.61. The molecular weight excluding hydrogens is 214 g/mol. The minimum absolute atomic E-state index is 0.116. The Morgan fingerprint density at radius 3 is 3.06 bits per heavy atom. The van der Waals surface area contributed by atoms with Gasteiger partial charge < -0.3 is 11.1 Å². The quantitative estimate of drug-likeness (QED) is 0.837. The highest BCUT2D eigenvalue weighted by Crippen LogP contribution is 2.30. The van der Waals surface area contributed by atoms with E-state index >= 15 is 0 Å². The Labute approximate surface area is 102 Å². The fraction of sp³-hybridized carbons (Fsp3) is 0.538. The first kappa shape index (κ1) is 11.9. The zero-order chi connectivity index (χ0) is 12.3. The van der Waals surface area contributed by atoms with E-state index in [9.17, 15) is 4.79 Å². The third kappa shape index (κ3) is 2.75. The van der Waals surface area contributed by atoms with Crippen LogP contribution in [-0.4, -0.2) is 17.4 Å². The van der Waals surface area contributed by atoms with Crippen LogP contribution < -0.4 is 11.1 Å². The van der Waals surface area contributed by atoms with Gasteiger partial charge in [-0.15, -0.1) is 0 Å². The van der Waals surface area contributed by atoms with Gasteiger partial charge in [0, 0.05) is 24.6 Å². The molecule has 0 aromatic carbocycles. The molecule has 1 fully saturated rings. The molecule has 0 spiro atoms. The van der Waals surface area contributed by atoms with Gasteiger partial charge in [-0.05, 0) is 24.3 Å². The maximum Gasteiger partial charge on any atom is 0.254 e. The van der Waals surface area contributed by atoms with E-state index in [1.165, 1.54) is 25.5 Å². The number of anilines is 1. The number of rotatable bonds is 3. The SMILES string of the molecule is CC1CCCC1CNC(=O)c1cnccc1N. The van der Waals surface area contributed by atoms with Crippen molar-refractivity contribution in [3.8, 4) is 0 Å². The van der Waals surface area contributed by atoms with Gasteiger partial charge in [0.2, 0.25) is 0 Å². The van der Waals surface area contributed by atoms with Crippen LogP contribution in [0.2, 0.25) is 0 Å². The van der Waals surface area contributed by atoms with E-state index in [2.05, 4.69) is 17.2 Å². The molecule has 0 saturated heterocycles. The number of nitrogen functional groups attached to an aromatic ring is 1. The molecule has 17 heavy (non-hydrogen) atoms. The average Bonchev–Trinajstić information content (AvgIpc) is 2.72. The molecule has 1 aromatic rings. The number of carbonyl (C=O) groups is 1. The van der Waals surface area contributed by atoms with Crippen LogP contribution in [0.25, 0.3) is 0 Å². The molecule has 1 amide bonds. The van der Waals surface area contributed by atoms with E-state index < -0.39 is 0 Å². The predicted octanol–water partition coefficient (Wildman–Crippen LogP) is 1.83. The number of hydrogen-bond donors (Lipinski definition) is 2. The second-order valence-corrected chi connectivity index (χ2v) is 4.84. The van der Waals surface area contributed by atoms with E-state index in [4.69, 9.17) is 5.73 Å². The molecule has 4 nitrogen and oxygen atoms in total. The third-order valence-electron chi connectivity index (χ3n) is 3.66. The summed E-state index contributed by atoms with van der Waals surface area (Å²) in [5.74, 6) is 1.20. The first-order valence-corrected chi connectivity index (χ1v) is 6.16. The molecule has 92 valence electrons. The highest BCUT2D eigenvalue weighted by Gasteiger charge is 2.23. The van der Waals surface area contributed by atoms with Crippen molar-refractivity contribution in [2.75, 3.05) is 12.3 Å². The van der Waals surface area contributed by atoms with Gasteiger partial charge in [0.15, 0.2) is 0 Å². The zero-order valence-corrected chi connectivity index (χ0v) is 10.1. The highest BCUT2D eigenvalue weighted by molar-refractivity contribution is 5.98. The summed E-state index contributed by atoms with van der Waals surface area (Å²) in [4.78, 5) is 15.8. The van der Waals surface area contributed by atoms with Crippen LogP contribution in [0.3, 0.4) is 0 Å². The predicted molar refractivity (Wildman–Crippen MR) is 67.5 cm³/mol. The van der Waals surface area contributed by atoms with Crippen molar-refractivity contribution in [2.24, 2.45) is 11.8 Å². The number of aromatic nitrogens is 1. The van der Waals surface area contributed by atoms with Gasteiger partial charge in [-0.3, -0.25) is 9.78 Å². The van der Waals surface area contributed by atoms with Gasteiger partial charge in [-0.2, -0.15) is 0 Å². The molecule has 1 aromatic heterocycles. The largest absolute Gasteiger partial charge is 0.398 e. The van der Waals surface area contributed by atoms with Gasteiger partial charge in [0.1, 0.15) is 0 Å². The number of nitrogens with zero attached hydrogens (tertiary/aromatic N) is 1. The van der Waals surface area contributed by atoms with Gasteiger partial charge in [0.05, 0.1) is 5.56 Å². The molecule has 1 heterocycles. The first-order chi connectivity index (χ1) is 8.18. The van der Waals surface area contributed by atoms with Crippen LogP contribution in [0.4, 0.5) is 5.69 Å². The van der Waals surface area contributed by atoms with Crippen LogP contribution in [0, 0.1) is 11.8 Å². The van der Waals surface area contributed by atoms with Crippen molar-refractivity contribution in [3.05, 3.63) is 24.0 Å². The number of carbonyl (C=O) groups excluding carboxylic acids is 1. The summed E-state index contributed by atoms with van der Waals surface area (Å²) < 4.78 is 0. The second-order valence-electron chi connectivity index (χ2n) is 4.84. The fourth-order valence-electron chi connectivity index (χ4n) is 2.44. The summed E-state index contributed by atoms with van der Waals surface area (Å²) in [6, 6.07) is 1.65. The molecule has 2 rings (SSSR count). The molecule has 2 unspecified atom stereocenters. The number of amides is 1. The molecule has 3 N–H and O–H groups in total. The Morgan fingerprint density at radius 2 is 2.41 bits per heavy atom. The van der Waals surface area contributed by atoms with Crippen LogP contribution in [-0.2, 0) is 0 Å². The zero-order valence-electron chi connectivity index (χ0n) is 10.1. The second kappa shape index (κ2) is 5.17. The van der Waals surface area contributed by atoms with E-state index in [-0.39, 0.29) is 5.91 Å². The molecule has 4 heteroatoms. The average molecular weight is 233 g/mol. The van der Waals surface area contributed by atoms with E-state index in [1.54, 1.807) is 12.3 Å². The molecule has 1 aliphatic carbocycles. The Hall–Kier alpha value is -1.58. The number of nitrogens with one attached hydrogen (secondary N) is 1. The van der Waals surface area contributed by atoms with Crippen molar-refractivity contribution in [3.63, 3.8) is 0 Å². The van der Waals surface area contributed by atoms with Crippen molar-refractivity contribution in [1.29, 1.82) is 0 Å². The van der Waals surface area contributed by atoms with Crippen LogP contribution >= 0.6 is 0 Å². The summed E-state index contributed by atoms with van der Waals surface area (Å²) in [6.07, 6.45) is 6.87. The molecular formula is C13H19N3O. The van der Waals surface area contributed by atoms with Crippen molar-refractivity contribution >= 4 is 11.6 Å². The van der Waals surface area contributed by atoms with E-state index in [1.807, 2.05) is 0 Å². The van der Waals surface area contributed by atoms with Crippen LogP contribution in [0.15, 0.2) is 18.5 Å². The number of pyridine rings is 1. The summed E-state index contributed by atoms with van der Waals surface area (Å²) in [5.41, 5.74) is 6.69. The van der Waals surface area contributed by atoms with Crippen molar-refractivity contribution < 1.29 is 4.79 Å². The summed E-state index contributed by atoms with van der Waals surface area (Å²) >= 11 is 0. The molecule has 0 aliphatic heterocycles. The molecule has 0 radical (unpaired) electrons. The maximum absolute atomic E-state index is 11.9. The smallest absolute Gasteiger partial charge is 0.254 e. The van der Waals surface area contributed by atoms with Gasteiger partial charge in [0.25, 0.3) is 5.91 Å². The third-order valence-corrected chi connectivity index (χ3v) is 3.66. The maximum atomic E-state index is 11.9. The van der Waals surface area contributed by atoms with Gasteiger partial charge in [-0.25, -0.2) is 0 Å². The minimum atomic E-state index is -0.116. The summed E-state index contributed by atoms with van der Waals surface area (Å²) in [6.45, 7) is 3.00. The molecule has 1 aliphatic rings. The molecule has 0 bridgehead atoms. The van der Waals surface area contributed by atoms with Crippen LogP contribution in [0.5, 0.6) is 0 Å². The minimum Gasteiger partial charge on any atom is -0.398 e. The number of hydrogen-bond acceptors (Lipinski definition) is 3. The lowest BCUT2D eigenvalue weighted by atomic mass is 9.98. The fourth-order valence-corrected chi connectivity index (χ4v) is 2.44. The normalized spacial score (nSPS) is 23.6. The van der Waals surface area contributed by atoms with E-state index in [0.717, 1.165) is 6.54 Å².